The maximum atomic E-state index is 11.2. The van der Waals surface area contributed by atoms with Crippen LogP contribution in [0, 0.1) is 0 Å². The van der Waals surface area contributed by atoms with Crippen molar-refractivity contribution in [3.63, 3.8) is 0 Å². The molecule has 5 nitrogen and oxygen atoms in total. The minimum atomic E-state index is -1.05. The van der Waals surface area contributed by atoms with Crippen LogP contribution >= 0.6 is 0 Å². The van der Waals surface area contributed by atoms with Crippen molar-refractivity contribution < 1.29 is 14.4 Å². The van der Waals surface area contributed by atoms with Crippen LogP contribution in [0.2, 0.25) is 0 Å². The van der Waals surface area contributed by atoms with Gasteiger partial charge in [0.05, 0.1) is 12.2 Å². The highest BCUT2D eigenvalue weighted by Gasteiger charge is 2.34. The molecule has 0 bridgehead atoms. The van der Waals surface area contributed by atoms with Crippen molar-refractivity contribution in [2.75, 3.05) is 19.6 Å². The SMILES string of the molecule is CC/C=C/CCCCCCCCCCCCCCCCCC1=NC=C[N+]1(CCN)CC(=O)[O-]. The number of hydrogen-bond acceptors (Lipinski definition) is 4. The zero-order valence-corrected chi connectivity index (χ0v) is 21.4. The van der Waals surface area contributed by atoms with Gasteiger partial charge in [0.1, 0.15) is 19.3 Å². The van der Waals surface area contributed by atoms with Gasteiger partial charge in [0, 0.05) is 13.0 Å². The molecule has 2 N–H and O–H groups in total. The molecular weight excluding hydrogens is 410 g/mol. The van der Waals surface area contributed by atoms with Crippen molar-refractivity contribution in [2.24, 2.45) is 10.7 Å². The molecular formula is C28H51N3O2. The number of allylic oxidation sites excluding steroid dienone is 2. The number of quaternary nitrogens is 1. The van der Waals surface area contributed by atoms with Crippen molar-refractivity contribution >= 4 is 11.8 Å². The van der Waals surface area contributed by atoms with E-state index in [1.807, 2.05) is 6.20 Å². The van der Waals surface area contributed by atoms with E-state index >= 15 is 0 Å². The smallest absolute Gasteiger partial charge is 0.207 e. The van der Waals surface area contributed by atoms with E-state index in [-0.39, 0.29) is 11.0 Å². The molecule has 33 heavy (non-hydrogen) atoms. The molecule has 0 aromatic heterocycles. The van der Waals surface area contributed by atoms with Crippen molar-refractivity contribution in [2.45, 2.75) is 122 Å². The van der Waals surface area contributed by atoms with E-state index in [2.05, 4.69) is 24.1 Å². The molecule has 0 aromatic carbocycles. The summed E-state index contributed by atoms with van der Waals surface area (Å²) in [5.74, 6) is -0.123. The molecule has 0 aliphatic carbocycles. The number of rotatable bonds is 23. The summed E-state index contributed by atoms with van der Waals surface area (Å²) in [6, 6.07) is 0. The lowest BCUT2D eigenvalue weighted by Crippen LogP contribution is -2.55. The summed E-state index contributed by atoms with van der Waals surface area (Å²) in [6.07, 6.45) is 31.6. The van der Waals surface area contributed by atoms with Gasteiger partial charge in [-0.1, -0.05) is 103 Å². The number of hydrogen-bond donors (Lipinski definition) is 1. The van der Waals surface area contributed by atoms with Crippen LogP contribution in [-0.4, -0.2) is 35.9 Å². The van der Waals surface area contributed by atoms with Crippen LogP contribution < -0.4 is 10.8 Å². The minimum absolute atomic E-state index is 0.0660. The van der Waals surface area contributed by atoms with Gasteiger partial charge in [0.25, 0.3) is 0 Å². The standard InChI is InChI=1S/C28H51N3O2/c1-2-3-4-5-6-7-8-9-10-11-12-13-14-15-16-17-18-19-20-21-27-30-23-25-31(27,24-22-29)26-28(32)33/h3-4,23,25H,2,5-22,24,26,29H2,1H3/b4-3+. The van der Waals surface area contributed by atoms with E-state index in [1.165, 1.54) is 103 Å². The van der Waals surface area contributed by atoms with Gasteiger partial charge >= 0.3 is 0 Å². The predicted molar refractivity (Wildman–Crippen MR) is 139 cm³/mol. The fourth-order valence-electron chi connectivity index (χ4n) is 4.75. The van der Waals surface area contributed by atoms with Gasteiger partial charge in [0.2, 0.25) is 5.84 Å². The molecule has 1 unspecified atom stereocenters. The minimum Gasteiger partial charge on any atom is -0.544 e. The molecule has 1 rings (SSSR count). The molecule has 0 saturated carbocycles. The first-order valence-electron chi connectivity index (χ1n) is 13.8. The van der Waals surface area contributed by atoms with E-state index in [0.717, 1.165) is 18.7 Å². The predicted octanol–water partition coefficient (Wildman–Crippen LogP) is 5.99. The molecule has 0 amide bonds. The first kappa shape index (κ1) is 29.6. The Kier molecular flexibility index (Phi) is 17.9. The molecule has 5 heteroatoms. The Balaban J connectivity index is 1.90. The number of aliphatic imine (C=N–C) groups is 1. The number of nitrogens with two attached hydrogens (primary N) is 1. The fraction of sp³-hybridized carbons (Fsp3) is 0.786. The summed E-state index contributed by atoms with van der Waals surface area (Å²) in [5.41, 5.74) is 5.71. The molecule has 1 heterocycles. The largest absolute Gasteiger partial charge is 0.544 e. The highest BCUT2D eigenvalue weighted by Crippen LogP contribution is 2.21. The molecule has 0 spiro atoms. The molecule has 1 aliphatic heterocycles. The van der Waals surface area contributed by atoms with Gasteiger partial charge in [-0.3, -0.25) is 0 Å². The molecule has 1 aliphatic rings. The van der Waals surface area contributed by atoms with Crippen LogP contribution in [0.15, 0.2) is 29.5 Å². The molecule has 190 valence electrons. The van der Waals surface area contributed by atoms with E-state index in [4.69, 9.17) is 5.73 Å². The van der Waals surface area contributed by atoms with E-state index in [1.54, 1.807) is 6.20 Å². The summed E-state index contributed by atoms with van der Waals surface area (Å²) in [7, 11) is 0. The summed E-state index contributed by atoms with van der Waals surface area (Å²) < 4.78 is 0.246. The summed E-state index contributed by atoms with van der Waals surface area (Å²) in [5, 5.41) is 11.2. The molecule has 1 atom stereocenters. The first-order valence-corrected chi connectivity index (χ1v) is 13.8. The maximum Gasteiger partial charge on any atom is 0.207 e. The summed E-state index contributed by atoms with van der Waals surface area (Å²) in [4.78, 5) is 15.6. The Bertz CT molecular complexity index is 586. The van der Waals surface area contributed by atoms with Crippen molar-refractivity contribution in [3.05, 3.63) is 24.6 Å². The van der Waals surface area contributed by atoms with Crippen molar-refractivity contribution in [1.29, 1.82) is 0 Å². The van der Waals surface area contributed by atoms with Crippen LogP contribution in [0.25, 0.3) is 0 Å². The monoisotopic (exact) mass is 461 g/mol. The van der Waals surface area contributed by atoms with Gasteiger partial charge in [-0.05, 0) is 25.7 Å². The van der Waals surface area contributed by atoms with Gasteiger partial charge < -0.3 is 15.6 Å². The Morgan fingerprint density at radius 2 is 1.39 bits per heavy atom. The molecule has 0 radical (unpaired) electrons. The average Bonchev–Trinajstić information content (AvgIpc) is 3.16. The second-order valence-corrected chi connectivity index (χ2v) is 9.64. The van der Waals surface area contributed by atoms with Crippen LogP contribution in [0.3, 0.4) is 0 Å². The Hall–Kier alpha value is -1.46. The van der Waals surface area contributed by atoms with Gasteiger partial charge in [-0.15, -0.1) is 0 Å². The fourth-order valence-corrected chi connectivity index (χ4v) is 4.75. The number of aliphatic carboxylic acids is 1. The summed E-state index contributed by atoms with van der Waals surface area (Å²) in [6.45, 7) is 3.14. The third kappa shape index (κ3) is 14.4. The van der Waals surface area contributed by atoms with Crippen molar-refractivity contribution in [3.8, 4) is 0 Å². The van der Waals surface area contributed by atoms with Crippen molar-refractivity contribution in [1.82, 2.24) is 0 Å². The topological polar surface area (TPSA) is 78.5 Å². The number of amidine groups is 1. The maximum absolute atomic E-state index is 11.2. The average molecular weight is 462 g/mol. The zero-order chi connectivity index (χ0) is 24.0. The van der Waals surface area contributed by atoms with Crippen LogP contribution in [0.4, 0.5) is 0 Å². The highest BCUT2D eigenvalue weighted by molar-refractivity contribution is 5.80. The van der Waals surface area contributed by atoms with Gasteiger partial charge in [-0.25, -0.2) is 9.48 Å². The van der Waals surface area contributed by atoms with Crippen LogP contribution in [0.1, 0.15) is 122 Å². The molecule has 0 aromatic rings. The van der Waals surface area contributed by atoms with Crippen LogP contribution in [-0.2, 0) is 4.79 Å². The Morgan fingerprint density at radius 3 is 1.88 bits per heavy atom. The second-order valence-electron chi connectivity index (χ2n) is 9.64. The van der Waals surface area contributed by atoms with Crippen LogP contribution in [0.5, 0.6) is 0 Å². The number of carboxylic acid groups (broad SMARTS) is 1. The highest BCUT2D eigenvalue weighted by atomic mass is 16.4. The molecule has 0 saturated heterocycles. The third-order valence-corrected chi connectivity index (χ3v) is 6.70. The normalized spacial score (nSPS) is 17.8. The third-order valence-electron chi connectivity index (χ3n) is 6.70. The zero-order valence-electron chi connectivity index (χ0n) is 21.4. The number of carbonyl (C=O) groups is 1. The first-order chi connectivity index (χ1) is 16.1. The second kappa shape index (κ2) is 20.0. The number of nitrogens with zero attached hydrogens (tertiary/aromatic N) is 2. The molecule has 0 fully saturated rings. The number of carbonyl (C=O) groups excluding carboxylic acids is 1. The Morgan fingerprint density at radius 1 is 0.879 bits per heavy atom. The number of unbranched alkanes of at least 4 members (excludes halogenated alkanes) is 15. The van der Waals surface area contributed by atoms with E-state index < -0.39 is 5.97 Å². The summed E-state index contributed by atoms with van der Waals surface area (Å²) >= 11 is 0. The van der Waals surface area contributed by atoms with E-state index in [9.17, 15) is 9.90 Å². The quantitative estimate of drug-likeness (QED) is 0.115. The van der Waals surface area contributed by atoms with Gasteiger partial charge in [-0.2, -0.15) is 0 Å². The lowest BCUT2D eigenvalue weighted by molar-refractivity contribution is -0.780. The van der Waals surface area contributed by atoms with E-state index in [0.29, 0.717) is 13.1 Å². The number of carboxylic acids is 1. The lowest BCUT2D eigenvalue weighted by Gasteiger charge is -2.32. The Labute approximate surface area is 203 Å². The van der Waals surface area contributed by atoms with Gasteiger partial charge in [0.15, 0.2) is 0 Å². The lowest BCUT2D eigenvalue weighted by atomic mass is 10.0.